The monoisotopic (exact) mass is 463 g/mol. The number of hydrogen-bond donors (Lipinski definition) is 0. The highest BCUT2D eigenvalue weighted by Gasteiger charge is 2.32. The number of aromatic nitrogens is 3. The van der Waals surface area contributed by atoms with Crippen LogP contribution in [0.1, 0.15) is 22.5 Å². The molecule has 1 aromatic carbocycles. The molecule has 11 heteroatoms. The first-order chi connectivity index (χ1) is 14.8. The molecule has 0 N–H and O–H groups in total. The average Bonchev–Trinajstić information content (AvgIpc) is 3.25. The molecule has 0 saturated carbocycles. The third-order valence-corrected chi connectivity index (χ3v) is 7.45. The molecule has 0 radical (unpaired) electrons. The van der Waals surface area contributed by atoms with Crippen LogP contribution in [0.15, 0.2) is 46.1 Å². The molecule has 9 nitrogen and oxygen atoms in total. The molecule has 3 aromatic rings. The molecule has 4 rings (SSSR count). The van der Waals surface area contributed by atoms with Crippen molar-refractivity contribution in [1.82, 2.24) is 24.1 Å². The fraction of sp³-hybridized carbons (Fsp3) is 0.350. The van der Waals surface area contributed by atoms with Gasteiger partial charge in [0.1, 0.15) is 21.9 Å². The van der Waals surface area contributed by atoms with E-state index in [4.69, 9.17) is 16.1 Å². The number of aryl methyl sites for hydroxylation is 2. The van der Waals surface area contributed by atoms with E-state index in [-0.39, 0.29) is 23.9 Å². The zero-order valence-electron chi connectivity index (χ0n) is 17.2. The first-order valence-electron chi connectivity index (χ1n) is 9.78. The van der Waals surface area contributed by atoms with Gasteiger partial charge in [-0.2, -0.15) is 9.40 Å². The van der Waals surface area contributed by atoms with Crippen molar-refractivity contribution < 1.29 is 17.7 Å². The summed E-state index contributed by atoms with van der Waals surface area (Å²) >= 11 is 6.30. The second kappa shape index (κ2) is 8.45. The van der Waals surface area contributed by atoms with Crippen LogP contribution >= 0.6 is 11.6 Å². The number of benzene rings is 1. The summed E-state index contributed by atoms with van der Waals surface area (Å²) in [6, 6.07) is 7.11. The van der Waals surface area contributed by atoms with E-state index in [0.29, 0.717) is 47.1 Å². The third kappa shape index (κ3) is 4.10. The highest BCUT2D eigenvalue weighted by molar-refractivity contribution is 7.89. The van der Waals surface area contributed by atoms with E-state index in [1.54, 1.807) is 37.1 Å². The Balaban J connectivity index is 1.57. The maximum absolute atomic E-state index is 13.4. The summed E-state index contributed by atoms with van der Waals surface area (Å²) in [7, 11) is -2.00. The number of nitrogens with zero attached hydrogens (tertiary/aromatic N) is 5. The van der Waals surface area contributed by atoms with Crippen LogP contribution in [0.4, 0.5) is 0 Å². The van der Waals surface area contributed by atoms with Crippen LogP contribution in [0.5, 0.6) is 0 Å². The van der Waals surface area contributed by atoms with Crippen LogP contribution in [0, 0.1) is 6.92 Å². The number of rotatable bonds is 4. The van der Waals surface area contributed by atoms with Gasteiger partial charge in [0.05, 0.1) is 11.2 Å². The zero-order valence-corrected chi connectivity index (χ0v) is 18.7. The number of hydrogen-bond acceptors (Lipinski definition) is 6. The average molecular weight is 464 g/mol. The Hall–Kier alpha value is -2.69. The Morgan fingerprint density at radius 1 is 1.16 bits per heavy atom. The van der Waals surface area contributed by atoms with Gasteiger partial charge in [-0.1, -0.05) is 35.0 Å². The van der Waals surface area contributed by atoms with Crippen molar-refractivity contribution in [2.24, 2.45) is 7.05 Å². The second-order valence-corrected chi connectivity index (χ2v) is 9.69. The highest BCUT2D eigenvalue weighted by Crippen LogP contribution is 2.32. The summed E-state index contributed by atoms with van der Waals surface area (Å²) in [5.41, 5.74) is 1.34. The predicted molar refractivity (Wildman–Crippen MR) is 114 cm³/mol. The predicted octanol–water partition coefficient (Wildman–Crippen LogP) is 2.57. The fourth-order valence-corrected chi connectivity index (χ4v) is 5.32. The third-order valence-electron chi connectivity index (χ3n) is 5.27. The van der Waals surface area contributed by atoms with Gasteiger partial charge in [0, 0.05) is 45.0 Å². The highest BCUT2D eigenvalue weighted by atomic mass is 35.5. The molecule has 1 saturated heterocycles. The van der Waals surface area contributed by atoms with Gasteiger partial charge in [-0.05, 0) is 19.4 Å². The van der Waals surface area contributed by atoms with Crippen molar-refractivity contribution in [3.8, 4) is 11.3 Å². The molecule has 1 amide bonds. The van der Waals surface area contributed by atoms with E-state index < -0.39 is 10.0 Å². The molecule has 0 unspecified atom stereocenters. The van der Waals surface area contributed by atoms with Gasteiger partial charge >= 0.3 is 0 Å². The van der Waals surface area contributed by atoms with E-state index in [2.05, 4.69) is 10.3 Å². The van der Waals surface area contributed by atoms with Crippen molar-refractivity contribution in [1.29, 1.82) is 0 Å². The van der Waals surface area contributed by atoms with E-state index in [9.17, 15) is 13.2 Å². The minimum absolute atomic E-state index is 0.144. The summed E-state index contributed by atoms with van der Waals surface area (Å²) in [6.45, 7) is 2.86. The first-order valence-corrected chi connectivity index (χ1v) is 11.6. The van der Waals surface area contributed by atoms with Crippen LogP contribution in [-0.4, -0.2) is 64.6 Å². The molecule has 31 heavy (non-hydrogen) atoms. The van der Waals surface area contributed by atoms with Gasteiger partial charge in [-0.15, -0.1) is 0 Å². The van der Waals surface area contributed by atoms with E-state index >= 15 is 0 Å². The Labute approximate surface area is 185 Å². The molecule has 164 valence electrons. The molecular weight excluding hydrogens is 442 g/mol. The standard InChI is InChI=1S/C20H22ClN5O4S/c1-14-18(19(23-30-14)16-6-3-4-7-17(16)21)20(27)25-8-5-9-26(11-10-25)31(28,29)15-12-22-24(2)13-15/h3-4,6-7,12-13H,5,8-11H2,1-2H3. The maximum Gasteiger partial charge on any atom is 0.259 e. The Morgan fingerprint density at radius 2 is 1.94 bits per heavy atom. The maximum atomic E-state index is 13.4. The van der Waals surface area contributed by atoms with Crippen molar-refractivity contribution in [3.63, 3.8) is 0 Å². The van der Waals surface area contributed by atoms with Crippen LogP contribution in [0.25, 0.3) is 11.3 Å². The summed E-state index contributed by atoms with van der Waals surface area (Å²) < 4.78 is 34.0. The van der Waals surface area contributed by atoms with Gasteiger partial charge in [-0.25, -0.2) is 8.42 Å². The van der Waals surface area contributed by atoms with Gasteiger partial charge in [-0.3, -0.25) is 9.48 Å². The van der Waals surface area contributed by atoms with Gasteiger partial charge < -0.3 is 9.42 Å². The van der Waals surface area contributed by atoms with E-state index in [1.165, 1.54) is 21.4 Å². The van der Waals surface area contributed by atoms with Crippen molar-refractivity contribution in [2.75, 3.05) is 26.2 Å². The number of carbonyl (C=O) groups is 1. The van der Waals surface area contributed by atoms with Crippen molar-refractivity contribution in [2.45, 2.75) is 18.2 Å². The molecule has 0 aliphatic carbocycles. The Bertz CT molecular complexity index is 1220. The van der Waals surface area contributed by atoms with Crippen molar-refractivity contribution >= 4 is 27.5 Å². The van der Waals surface area contributed by atoms with Crippen LogP contribution in [-0.2, 0) is 17.1 Å². The minimum Gasteiger partial charge on any atom is -0.360 e. The SMILES string of the molecule is Cc1onc(-c2ccccc2Cl)c1C(=O)N1CCCN(S(=O)(=O)c2cnn(C)c2)CC1. The lowest BCUT2D eigenvalue weighted by Crippen LogP contribution is -2.37. The van der Waals surface area contributed by atoms with Gasteiger partial charge in [0.15, 0.2) is 0 Å². The number of sulfonamides is 1. The molecule has 1 aliphatic heterocycles. The summed E-state index contributed by atoms with van der Waals surface area (Å²) in [5.74, 6) is 0.137. The normalized spacial score (nSPS) is 15.8. The number of carbonyl (C=O) groups excluding carboxylic acids is 1. The zero-order chi connectivity index (χ0) is 22.2. The van der Waals surface area contributed by atoms with Crippen LogP contribution in [0.3, 0.4) is 0 Å². The summed E-state index contributed by atoms with van der Waals surface area (Å²) in [4.78, 5) is 15.2. The number of amides is 1. The molecule has 0 atom stereocenters. The quantitative estimate of drug-likeness (QED) is 0.589. The molecule has 0 bridgehead atoms. The summed E-state index contributed by atoms with van der Waals surface area (Å²) in [5, 5.41) is 8.48. The first kappa shape index (κ1) is 21.5. The van der Waals surface area contributed by atoms with Crippen molar-refractivity contribution in [3.05, 3.63) is 53.0 Å². The van der Waals surface area contributed by atoms with Crippen LogP contribution in [0.2, 0.25) is 5.02 Å². The second-order valence-electron chi connectivity index (χ2n) is 7.34. The van der Waals surface area contributed by atoms with Crippen LogP contribution < -0.4 is 0 Å². The number of halogens is 1. The van der Waals surface area contributed by atoms with Gasteiger partial charge in [0.25, 0.3) is 5.91 Å². The smallest absolute Gasteiger partial charge is 0.259 e. The minimum atomic E-state index is -3.67. The molecule has 2 aromatic heterocycles. The lowest BCUT2D eigenvalue weighted by molar-refractivity contribution is 0.0763. The van der Waals surface area contributed by atoms with E-state index in [1.807, 2.05) is 6.07 Å². The fourth-order valence-electron chi connectivity index (χ4n) is 3.64. The molecule has 1 aliphatic rings. The molecule has 3 heterocycles. The Kier molecular flexibility index (Phi) is 5.87. The molecular formula is C20H22ClN5O4S. The largest absolute Gasteiger partial charge is 0.360 e. The molecule has 1 fully saturated rings. The summed E-state index contributed by atoms with van der Waals surface area (Å²) in [6.07, 6.45) is 3.32. The van der Waals surface area contributed by atoms with Gasteiger partial charge in [0.2, 0.25) is 10.0 Å². The lowest BCUT2D eigenvalue weighted by atomic mass is 10.0. The van der Waals surface area contributed by atoms with E-state index in [0.717, 1.165) is 0 Å². The molecule has 0 spiro atoms. The Morgan fingerprint density at radius 3 is 2.65 bits per heavy atom. The lowest BCUT2D eigenvalue weighted by Gasteiger charge is -2.21. The topological polar surface area (TPSA) is 102 Å².